The van der Waals surface area contributed by atoms with E-state index in [-0.39, 0.29) is 12.2 Å². The van der Waals surface area contributed by atoms with Gasteiger partial charge in [-0.15, -0.1) is 45.3 Å². The van der Waals surface area contributed by atoms with E-state index in [0.717, 1.165) is 0 Å². The summed E-state index contributed by atoms with van der Waals surface area (Å²) in [6.07, 6.45) is -0.143. The summed E-state index contributed by atoms with van der Waals surface area (Å²) in [5, 5.41) is 8.63. The normalized spacial score (nSPS) is 11.8. The molecule has 0 saturated heterocycles. The fraction of sp³-hybridized carbons (Fsp3) is 0.111. The maximum atomic E-state index is 6.96. The molecule has 4 aromatic heterocycles. The Labute approximate surface area is 228 Å². The SMILES string of the molecule is Ic1sccc1C(OC(c1ccsc1I)c1ccsc1I)c1ccsc1I. The summed E-state index contributed by atoms with van der Waals surface area (Å²) in [6.45, 7) is 0. The maximum Gasteiger partial charge on any atom is 0.113 e. The lowest BCUT2D eigenvalue weighted by molar-refractivity contribution is 0.0302. The van der Waals surface area contributed by atoms with Crippen LogP contribution >= 0.6 is 136 Å². The van der Waals surface area contributed by atoms with Gasteiger partial charge in [-0.2, -0.15) is 0 Å². The standard InChI is InChI=1S/C18H10I4OS4/c19-15-9(1-5-24-15)13(10-2-6-25-16(10)20)23-14(11-3-7-26-17(11)21)12-4-8-27-18(12)22/h1-8,13-14H. The number of hydrogen-bond donors (Lipinski definition) is 0. The minimum absolute atomic E-state index is 0.0716. The van der Waals surface area contributed by atoms with E-state index in [1.807, 2.05) is 0 Å². The zero-order valence-electron chi connectivity index (χ0n) is 13.3. The summed E-state index contributed by atoms with van der Waals surface area (Å²) >= 11 is 16.8. The first-order chi connectivity index (χ1) is 13.1. The van der Waals surface area contributed by atoms with E-state index < -0.39 is 0 Å². The van der Waals surface area contributed by atoms with Gasteiger partial charge in [0.25, 0.3) is 0 Å². The van der Waals surface area contributed by atoms with Crippen molar-refractivity contribution in [3.63, 3.8) is 0 Å². The molecule has 140 valence electrons. The fourth-order valence-corrected chi connectivity index (χ4v) is 8.92. The molecule has 0 spiro atoms. The topological polar surface area (TPSA) is 9.23 Å². The van der Waals surface area contributed by atoms with Gasteiger partial charge in [0.2, 0.25) is 0 Å². The molecule has 4 rings (SSSR count). The molecule has 4 aromatic rings. The lowest BCUT2D eigenvalue weighted by Gasteiger charge is -2.25. The maximum absolute atomic E-state index is 6.96. The Bertz CT molecular complexity index is 884. The Kier molecular flexibility index (Phi) is 8.00. The van der Waals surface area contributed by atoms with Crippen molar-refractivity contribution in [2.24, 2.45) is 0 Å². The van der Waals surface area contributed by atoms with Gasteiger partial charge in [0.1, 0.15) is 12.2 Å². The average molecular weight is 878 g/mol. The van der Waals surface area contributed by atoms with Crippen LogP contribution in [0.2, 0.25) is 0 Å². The predicted molar refractivity (Wildman–Crippen MR) is 153 cm³/mol. The Morgan fingerprint density at radius 3 is 0.963 bits per heavy atom. The van der Waals surface area contributed by atoms with Crippen molar-refractivity contribution in [3.8, 4) is 0 Å². The van der Waals surface area contributed by atoms with Gasteiger partial charge in [0.15, 0.2) is 0 Å². The van der Waals surface area contributed by atoms with Crippen LogP contribution in [0.1, 0.15) is 34.5 Å². The monoisotopic (exact) mass is 878 g/mol. The summed E-state index contributed by atoms with van der Waals surface area (Å²) in [5.41, 5.74) is 5.05. The molecule has 0 N–H and O–H groups in total. The lowest BCUT2D eigenvalue weighted by Crippen LogP contribution is -2.14. The van der Waals surface area contributed by atoms with Crippen molar-refractivity contribution in [2.75, 3.05) is 0 Å². The van der Waals surface area contributed by atoms with E-state index >= 15 is 0 Å². The second-order valence-electron chi connectivity index (χ2n) is 5.49. The van der Waals surface area contributed by atoms with Crippen LogP contribution in [0.3, 0.4) is 0 Å². The van der Waals surface area contributed by atoms with E-state index in [9.17, 15) is 0 Å². The van der Waals surface area contributed by atoms with Gasteiger partial charge < -0.3 is 4.74 Å². The third-order valence-corrected chi connectivity index (χ3v) is 12.4. The van der Waals surface area contributed by atoms with Crippen LogP contribution in [-0.4, -0.2) is 0 Å². The Balaban J connectivity index is 1.82. The van der Waals surface area contributed by atoms with Crippen molar-refractivity contribution in [1.29, 1.82) is 0 Å². The first kappa shape index (κ1) is 21.9. The van der Waals surface area contributed by atoms with Gasteiger partial charge in [-0.25, -0.2) is 0 Å². The quantitative estimate of drug-likeness (QED) is 0.176. The van der Waals surface area contributed by atoms with Crippen LogP contribution in [0.15, 0.2) is 45.8 Å². The minimum Gasteiger partial charge on any atom is -0.356 e. The lowest BCUT2D eigenvalue weighted by atomic mass is 10.0. The molecule has 0 radical (unpaired) electrons. The molecular weight excluding hydrogens is 868 g/mol. The molecule has 0 saturated carbocycles. The first-order valence-electron chi connectivity index (χ1n) is 7.63. The van der Waals surface area contributed by atoms with Crippen molar-refractivity contribution in [1.82, 2.24) is 0 Å². The van der Waals surface area contributed by atoms with E-state index in [0.29, 0.717) is 0 Å². The number of halogens is 4. The highest BCUT2D eigenvalue weighted by Crippen LogP contribution is 2.44. The van der Waals surface area contributed by atoms with Crippen molar-refractivity contribution >= 4 is 136 Å². The fourth-order valence-electron chi connectivity index (χ4n) is 2.73. The van der Waals surface area contributed by atoms with Gasteiger partial charge in [0, 0.05) is 22.3 Å². The molecule has 27 heavy (non-hydrogen) atoms. The van der Waals surface area contributed by atoms with Crippen LogP contribution in [0.25, 0.3) is 0 Å². The molecule has 0 aliphatic heterocycles. The Morgan fingerprint density at radius 1 is 0.519 bits per heavy atom. The minimum atomic E-state index is -0.0716. The first-order valence-corrected chi connectivity index (χ1v) is 15.5. The molecule has 0 unspecified atom stereocenters. The number of rotatable bonds is 6. The van der Waals surface area contributed by atoms with Crippen LogP contribution in [0.4, 0.5) is 0 Å². The van der Waals surface area contributed by atoms with Gasteiger partial charge in [-0.1, -0.05) is 0 Å². The van der Waals surface area contributed by atoms with Crippen LogP contribution in [-0.2, 0) is 4.74 Å². The molecule has 0 bridgehead atoms. The van der Waals surface area contributed by atoms with Gasteiger partial charge in [-0.05, 0) is 136 Å². The smallest absolute Gasteiger partial charge is 0.113 e. The zero-order valence-corrected chi connectivity index (χ0v) is 25.2. The van der Waals surface area contributed by atoms with Crippen molar-refractivity contribution in [3.05, 3.63) is 79.6 Å². The Morgan fingerprint density at radius 2 is 0.778 bits per heavy atom. The summed E-state index contributed by atoms with van der Waals surface area (Å²) in [7, 11) is 0. The van der Waals surface area contributed by atoms with E-state index in [1.165, 1.54) is 33.8 Å². The van der Waals surface area contributed by atoms with E-state index in [4.69, 9.17) is 4.74 Å². The third kappa shape index (κ3) is 4.80. The molecular formula is C18H10I4OS4. The molecule has 0 aliphatic carbocycles. The molecule has 0 amide bonds. The summed E-state index contributed by atoms with van der Waals surface area (Å²) in [4.78, 5) is 0. The second kappa shape index (κ2) is 9.87. The number of ether oxygens (including phenoxy) is 1. The Hall–Kier alpha value is 1.68. The summed E-state index contributed by atoms with van der Waals surface area (Å²) < 4.78 is 12.1. The zero-order chi connectivity index (χ0) is 19.0. The van der Waals surface area contributed by atoms with Crippen molar-refractivity contribution < 1.29 is 4.74 Å². The molecule has 0 aromatic carbocycles. The molecule has 0 aliphatic rings. The molecule has 0 atom stereocenters. The summed E-state index contributed by atoms with van der Waals surface area (Å²) in [5.74, 6) is 0. The molecule has 0 fully saturated rings. The summed E-state index contributed by atoms with van der Waals surface area (Å²) in [6, 6.07) is 8.83. The van der Waals surface area contributed by atoms with E-state index in [1.54, 1.807) is 45.3 Å². The highest BCUT2D eigenvalue weighted by molar-refractivity contribution is 14.1. The van der Waals surface area contributed by atoms with Crippen LogP contribution in [0, 0.1) is 11.5 Å². The number of thiophene rings is 4. The van der Waals surface area contributed by atoms with Crippen LogP contribution in [0.5, 0.6) is 0 Å². The third-order valence-electron chi connectivity index (χ3n) is 3.99. The predicted octanol–water partition coefficient (Wildman–Crippen LogP) is 9.25. The van der Waals surface area contributed by atoms with E-state index in [2.05, 4.69) is 136 Å². The molecule has 9 heteroatoms. The molecule has 1 nitrogen and oxygen atoms in total. The van der Waals surface area contributed by atoms with Crippen LogP contribution < -0.4 is 0 Å². The highest BCUT2D eigenvalue weighted by Gasteiger charge is 2.29. The molecule has 4 heterocycles. The number of hydrogen-bond acceptors (Lipinski definition) is 5. The van der Waals surface area contributed by atoms with Crippen molar-refractivity contribution in [2.45, 2.75) is 12.2 Å². The highest BCUT2D eigenvalue weighted by atomic mass is 127. The van der Waals surface area contributed by atoms with Gasteiger partial charge in [-0.3, -0.25) is 0 Å². The average Bonchev–Trinajstić information content (AvgIpc) is 3.41. The van der Waals surface area contributed by atoms with Gasteiger partial charge in [0.05, 0.1) is 11.5 Å². The van der Waals surface area contributed by atoms with Gasteiger partial charge >= 0.3 is 0 Å². The second-order valence-corrected chi connectivity index (χ2v) is 16.4. The largest absolute Gasteiger partial charge is 0.356 e.